The fourth-order valence-electron chi connectivity index (χ4n) is 0.270. The van der Waals surface area contributed by atoms with Crippen LogP contribution in [0.4, 0.5) is 0 Å². The number of halogens is 2. The molecule has 0 bridgehead atoms. The second-order valence-electron chi connectivity index (χ2n) is 1.41. The molecule has 1 atom stereocenters. The van der Waals surface area contributed by atoms with E-state index in [2.05, 4.69) is 0 Å². The van der Waals surface area contributed by atoms with Gasteiger partial charge in [0, 0.05) is 0 Å². The summed E-state index contributed by atoms with van der Waals surface area (Å²) in [5, 5.41) is 6.69. The summed E-state index contributed by atoms with van der Waals surface area (Å²) in [4.78, 5) is 0. The first-order chi connectivity index (χ1) is 3.68. The third-order valence-electron chi connectivity index (χ3n) is 0.661. The van der Waals surface area contributed by atoms with Crippen LogP contribution in [0.15, 0.2) is 0 Å². The summed E-state index contributed by atoms with van der Waals surface area (Å²) < 4.78 is 4.75. The van der Waals surface area contributed by atoms with Gasteiger partial charge in [0.1, 0.15) is 5.38 Å². The van der Waals surface area contributed by atoms with E-state index in [4.69, 9.17) is 21.7 Å². The molecule has 0 heterocycles. The molecule has 1 unspecified atom stereocenters. The smallest absolute Gasteiger partial charge is 0.198 e. The summed E-state index contributed by atoms with van der Waals surface area (Å²) in [5.74, 6) is 0.147. The van der Waals surface area contributed by atoms with E-state index >= 15 is 0 Å². The molecule has 0 amide bonds. The van der Waals surface area contributed by atoms with E-state index in [0.717, 1.165) is 0 Å². The van der Waals surface area contributed by atoms with Crippen molar-refractivity contribution in [3.05, 3.63) is 0 Å². The highest BCUT2D eigenvalue weighted by atomic mass is 35.5. The van der Waals surface area contributed by atoms with Gasteiger partial charge in [0.25, 0.3) is 0 Å². The van der Waals surface area contributed by atoms with Crippen molar-refractivity contribution in [2.24, 2.45) is 0 Å². The Kier molecular flexibility index (Phi) is 8.09. The fourth-order valence-corrected chi connectivity index (χ4v) is 0.333. The maximum Gasteiger partial charge on any atom is 0.198 e. The summed E-state index contributed by atoms with van der Waals surface area (Å²) in [7, 11) is 0. The molecule has 0 saturated heterocycles. The Morgan fingerprint density at radius 1 is 1.78 bits per heavy atom. The molecule has 0 radical (unpaired) electrons. The van der Waals surface area contributed by atoms with Gasteiger partial charge in [-0.25, -0.2) is 0 Å². The molecule has 0 aromatic carbocycles. The quantitative estimate of drug-likeness (QED) is 0.386. The van der Waals surface area contributed by atoms with Gasteiger partial charge in [0.15, 0.2) is 5.90 Å². The lowest BCUT2D eigenvalue weighted by Crippen LogP contribution is -2.12. The highest BCUT2D eigenvalue weighted by Crippen LogP contribution is 1.95. The Bertz CT molecular complexity index is 85.0. The molecular formula is C5H11Cl2NO. The standard InChI is InChI=1S/C5H10ClNO.ClH/c1-3-8-5(7)4(2)6;/h4,7H,3H2,1-2H3;1H. The third kappa shape index (κ3) is 5.93. The molecule has 0 spiro atoms. The summed E-state index contributed by atoms with van der Waals surface area (Å²) >= 11 is 5.46. The number of ether oxygens (including phenoxy) is 1. The fraction of sp³-hybridized carbons (Fsp3) is 0.800. The van der Waals surface area contributed by atoms with Gasteiger partial charge in [-0.05, 0) is 13.8 Å². The minimum absolute atomic E-state index is 0. The van der Waals surface area contributed by atoms with Gasteiger partial charge in [-0.2, -0.15) is 0 Å². The predicted molar refractivity (Wildman–Crippen MR) is 41.9 cm³/mol. The topological polar surface area (TPSA) is 33.1 Å². The second-order valence-corrected chi connectivity index (χ2v) is 2.07. The first-order valence-electron chi connectivity index (χ1n) is 2.53. The molecule has 0 fully saturated rings. The molecule has 4 heteroatoms. The monoisotopic (exact) mass is 171 g/mol. The van der Waals surface area contributed by atoms with E-state index in [0.29, 0.717) is 6.61 Å². The summed E-state index contributed by atoms with van der Waals surface area (Å²) in [6.45, 7) is 4.06. The normalized spacial score (nSPS) is 11.4. The molecule has 0 aromatic rings. The van der Waals surface area contributed by atoms with Gasteiger partial charge in [-0.15, -0.1) is 24.0 Å². The summed E-state index contributed by atoms with van der Waals surface area (Å²) in [6, 6.07) is 0. The Hall–Kier alpha value is 0.0500. The van der Waals surface area contributed by atoms with Crippen LogP contribution in [0.5, 0.6) is 0 Å². The van der Waals surface area contributed by atoms with Gasteiger partial charge >= 0.3 is 0 Å². The lowest BCUT2D eigenvalue weighted by atomic mass is 10.5. The SMILES string of the molecule is CCOC(=N)C(C)Cl.Cl. The van der Waals surface area contributed by atoms with Crippen molar-refractivity contribution in [3.8, 4) is 0 Å². The van der Waals surface area contributed by atoms with E-state index in [-0.39, 0.29) is 23.7 Å². The predicted octanol–water partition coefficient (Wildman–Crippen LogP) is 2.05. The van der Waals surface area contributed by atoms with Gasteiger partial charge in [0.2, 0.25) is 0 Å². The molecule has 0 aromatic heterocycles. The average molecular weight is 172 g/mol. The molecule has 2 nitrogen and oxygen atoms in total. The van der Waals surface area contributed by atoms with Crippen molar-refractivity contribution >= 4 is 29.9 Å². The Morgan fingerprint density at radius 2 is 2.22 bits per heavy atom. The summed E-state index contributed by atoms with van der Waals surface area (Å²) in [5.41, 5.74) is 0. The minimum Gasteiger partial charge on any atom is -0.480 e. The van der Waals surface area contributed by atoms with Crippen LogP contribution in [-0.4, -0.2) is 17.9 Å². The van der Waals surface area contributed by atoms with E-state index in [1.54, 1.807) is 6.92 Å². The van der Waals surface area contributed by atoms with Crippen LogP contribution < -0.4 is 0 Å². The maximum absolute atomic E-state index is 6.99. The molecule has 56 valence electrons. The Balaban J connectivity index is 0. The highest BCUT2D eigenvalue weighted by molar-refractivity contribution is 6.29. The zero-order valence-corrected chi connectivity index (χ0v) is 7.05. The number of hydrogen-bond acceptors (Lipinski definition) is 2. The molecule has 1 N–H and O–H groups in total. The van der Waals surface area contributed by atoms with Gasteiger partial charge in [-0.1, -0.05) is 0 Å². The van der Waals surface area contributed by atoms with Crippen LogP contribution in [0.25, 0.3) is 0 Å². The zero-order chi connectivity index (χ0) is 6.57. The van der Waals surface area contributed by atoms with Gasteiger partial charge < -0.3 is 4.74 Å². The first-order valence-corrected chi connectivity index (χ1v) is 2.97. The zero-order valence-electron chi connectivity index (χ0n) is 5.48. The lowest BCUT2D eigenvalue weighted by Gasteiger charge is -2.04. The van der Waals surface area contributed by atoms with Crippen LogP contribution in [-0.2, 0) is 4.74 Å². The molecule has 0 aliphatic rings. The molecule has 0 aliphatic heterocycles. The van der Waals surface area contributed by atoms with Crippen molar-refractivity contribution in [1.82, 2.24) is 0 Å². The molecule has 0 saturated carbocycles. The molecule has 9 heavy (non-hydrogen) atoms. The molecule has 0 rings (SSSR count). The van der Waals surface area contributed by atoms with E-state index in [9.17, 15) is 0 Å². The lowest BCUT2D eigenvalue weighted by molar-refractivity contribution is 0.316. The third-order valence-corrected chi connectivity index (χ3v) is 0.859. The Morgan fingerprint density at radius 3 is 2.33 bits per heavy atom. The van der Waals surface area contributed by atoms with E-state index in [1.165, 1.54) is 0 Å². The second kappa shape index (κ2) is 6.17. The Labute approximate surface area is 66.5 Å². The number of rotatable bonds is 2. The number of hydrogen-bond donors (Lipinski definition) is 1. The van der Waals surface area contributed by atoms with Crippen molar-refractivity contribution < 1.29 is 4.74 Å². The van der Waals surface area contributed by atoms with E-state index < -0.39 is 0 Å². The van der Waals surface area contributed by atoms with Crippen molar-refractivity contribution in [2.75, 3.05) is 6.61 Å². The largest absolute Gasteiger partial charge is 0.480 e. The van der Waals surface area contributed by atoms with Gasteiger partial charge in [-0.3, -0.25) is 5.41 Å². The van der Waals surface area contributed by atoms with Crippen molar-refractivity contribution in [3.63, 3.8) is 0 Å². The maximum atomic E-state index is 6.99. The first kappa shape index (κ1) is 11.8. The molecule has 0 aliphatic carbocycles. The van der Waals surface area contributed by atoms with Crippen LogP contribution >= 0.6 is 24.0 Å². The minimum atomic E-state index is -0.296. The van der Waals surface area contributed by atoms with E-state index in [1.807, 2.05) is 6.92 Å². The van der Waals surface area contributed by atoms with Crippen LogP contribution in [0, 0.1) is 5.41 Å². The highest BCUT2D eigenvalue weighted by Gasteiger charge is 2.02. The van der Waals surface area contributed by atoms with Crippen LogP contribution in [0.3, 0.4) is 0 Å². The van der Waals surface area contributed by atoms with Crippen molar-refractivity contribution in [2.45, 2.75) is 19.2 Å². The van der Waals surface area contributed by atoms with Crippen molar-refractivity contribution in [1.29, 1.82) is 5.41 Å². The number of alkyl halides is 1. The average Bonchev–Trinajstić information content (AvgIpc) is 1.67. The number of nitrogens with one attached hydrogen (secondary N) is 1. The van der Waals surface area contributed by atoms with Crippen LogP contribution in [0.1, 0.15) is 13.8 Å². The molecular weight excluding hydrogens is 161 g/mol. The summed E-state index contributed by atoms with van der Waals surface area (Å²) in [6.07, 6.45) is 0. The van der Waals surface area contributed by atoms with Gasteiger partial charge in [0.05, 0.1) is 6.61 Å². The van der Waals surface area contributed by atoms with Crippen LogP contribution in [0.2, 0.25) is 0 Å².